The number of fused-ring (bicyclic) bond motifs is 2. The summed E-state index contributed by atoms with van der Waals surface area (Å²) in [7, 11) is 0. The third kappa shape index (κ3) is 7.80. The van der Waals surface area contributed by atoms with E-state index in [1.807, 2.05) is 9.80 Å². The number of nitrogens with zero attached hydrogens (tertiary/aromatic N) is 6. The van der Waals surface area contributed by atoms with Crippen molar-refractivity contribution in [2.24, 2.45) is 0 Å². The van der Waals surface area contributed by atoms with Gasteiger partial charge in [0.1, 0.15) is 11.6 Å². The van der Waals surface area contributed by atoms with Gasteiger partial charge < -0.3 is 48.5 Å². The average molecular weight is 741 g/mol. The number of rotatable bonds is 8. The summed E-state index contributed by atoms with van der Waals surface area (Å²) in [5.74, 6) is -4.02. The standard InChI is InChI=1S/2C19H22FN3O3.Mg/c2*1-2-21-5-7-22(8-6-21)17-10-16-13(9-15(17)20)18(24)14(19(25)26)11-23(16)12-3-4-12;/h2*9-12H,2-8H2,1H3,(H,25,26);/q;;+2/p-2. The molecule has 53 heavy (non-hydrogen) atoms. The van der Waals surface area contributed by atoms with Crippen LogP contribution in [0.25, 0.3) is 21.8 Å². The molecule has 2 aliphatic carbocycles. The van der Waals surface area contributed by atoms with E-state index in [1.54, 1.807) is 21.3 Å². The molecule has 4 aliphatic rings. The number of likely N-dealkylation sites (N-methyl/N-ethyl adjacent to an activating group) is 2. The molecule has 2 aliphatic heterocycles. The van der Waals surface area contributed by atoms with Gasteiger partial charge in [0.15, 0.2) is 10.9 Å². The first-order chi connectivity index (χ1) is 25.0. The summed E-state index contributed by atoms with van der Waals surface area (Å²) in [4.78, 5) is 56.1. The first-order valence-electron chi connectivity index (χ1n) is 18.1. The minimum absolute atomic E-state index is 0. The van der Waals surface area contributed by atoms with E-state index in [1.165, 1.54) is 24.5 Å². The van der Waals surface area contributed by atoms with E-state index >= 15 is 0 Å². The molecule has 4 fully saturated rings. The third-order valence-corrected chi connectivity index (χ3v) is 10.8. The quantitative estimate of drug-likeness (QED) is 0.245. The number of carbonyl (C=O) groups is 2. The number of carbonyl (C=O) groups excluding carboxylic acids is 2. The first-order valence-corrected chi connectivity index (χ1v) is 18.1. The Kier molecular flexibility index (Phi) is 11.5. The Morgan fingerprint density at radius 2 is 0.962 bits per heavy atom. The van der Waals surface area contributed by atoms with Crippen LogP contribution in [0.15, 0.2) is 46.2 Å². The molecule has 12 nitrogen and oxygen atoms in total. The maximum absolute atomic E-state index is 14.8. The molecule has 276 valence electrons. The monoisotopic (exact) mass is 740 g/mol. The van der Waals surface area contributed by atoms with Gasteiger partial charge in [0, 0.05) is 87.6 Å². The fraction of sp³-hybridized carbons (Fsp3) is 0.474. The van der Waals surface area contributed by atoms with Gasteiger partial charge in [-0.3, -0.25) is 9.59 Å². The van der Waals surface area contributed by atoms with Crippen molar-refractivity contribution < 1.29 is 28.6 Å². The fourth-order valence-electron chi connectivity index (χ4n) is 7.41. The smallest absolute Gasteiger partial charge is 0.545 e. The Balaban J connectivity index is 0.000000178. The van der Waals surface area contributed by atoms with Gasteiger partial charge in [0.05, 0.1) is 45.5 Å². The van der Waals surface area contributed by atoms with E-state index in [0.29, 0.717) is 22.4 Å². The van der Waals surface area contributed by atoms with Crippen molar-refractivity contribution in [2.45, 2.75) is 51.6 Å². The van der Waals surface area contributed by atoms with Crippen LogP contribution >= 0.6 is 0 Å². The summed E-state index contributed by atoms with van der Waals surface area (Å²) in [5, 5.41) is 22.8. The zero-order chi connectivity index (χ0) is 36.8. The predicted octanol–water partition coefficient (Wildman–Crippen LogP) is 1.58. The number of halogens is 2. The Labute approximate surface area is 321 Å². The molecule has 8 rings (SSSR count). The van der Waals surface area contributed by atoms with E-state index in [9.17, 15) is 38.2 Å². The van der Waals surface area contributed by atoms with Crippen molar-refractivity contribution in [3.05, 3.63) is 79.9 Å². The maximum atomic E-state index is 14.8. The number of aromatic nitrogens is 2. The normalized spacial score (nSPS) is 18.1. The van der Waals surface area contributed by atoms with Gasteiger partial charge in [-0.05, 0) is 63.0 Å². The summed E-state index contributed by atoms with van der Waals surface area (Å²) < 4.78 is 33.2. The molecular formula is C38H42F2MgN6O6. The van der Waals surface area contributed by atoms with Crippen LogP contribution in [0.4, 0.5) is 20.2 Å². The van der Waals surface area contributed by atoms with E-state index in [0.717, 1.165) is 91.1 Å². The van der Waals surface area contributed by atoms with E-state index in [-0.39, 0.29) is 45.9 Å². The Hall–Kier alpha value is -4.05. The molecule has 4 aromatic rings. The summed E-state index contributed by atoms with van der Waals surface area (Å²) >= 11 is 0. The Morgan fingerprint density at radius 3 is 1.25 bits per heavy atom. The number of pyridine rings is 2. The van der Waals surface area contributed by atoms with Gasteiger partial charge >= 0.3 is 23.1 Å². The third-order valence-electron chi connectivity index (χ3n) is 10.8. The van der Waals surface area contributed by atoms with Gasteiger partial charge in [-0.25, -0.2) is 8.78 Å². The van der Waals surface area contributed by atoms with Crippen molar-refractivity contribution in [1.82, 2.24) is 18.9 Å². The predicted molar refractivity (Wildman–Crippen MR) is 196 cm³/mol. The molecule has 0 bridgehead atoms. The average Bonchev–Trinajstić information content (AvgIpc) is 4.07. The molecule has 0 N–H and O–H groups in total. The molecule has 0 unspecified atom stereocenters. The topological polar surface area (TPSA) is 137 Å². The van der Waals surface area contributed by atoms with E-state index in [2.05, 4.69) is 23.6 Å². The Bertz CT molecular complexity index is 2020. The van der Waals surface area contributed by atoms with Gasteiger partial charge in [-0.1, -0.05) is 13.8 Å². The molecule has 4 heterocycles. The maximum Gasteiger partial charge on any atom is 2.00 e. The molecule has 0 amide bonds. The van der Waals surface area contributed by atoms with Crippen molar-refractivity contribution >= 4 is 68.2 Å². The van der Waals surface area contributed by atoms with Gasteiger partial charge in [0.2, 0.25) is 0 Å². The van der Waals surface area contributed by atoms with Crippen LogP contribution in [0.1, 0.15) is 72.3 Å². The minimum Gasteiger partial charge on any atom is -0.545 e. The zero-order valence-electron chi connectivity index (χ0n) is 30.1. The van der Waals surface area contributed by atoms with Crippen LogP contribution < -0.4 is 30.9 Å². The van der Waals surface area contributed by atoms with E-state index < -0.39 is 45.6 Å². The second-order valence-corrected chi connectivity index (χ2v) is 14.1. The second-order valence-electron chi connectivity index (χ2n) is 14.1. The number of aromatic carboxylic acids is 2. The number of piperazine rings is 2. The van der Waals surface area contributed by atoms with Crippen molar-refractivity contribution in [1.29, 1.82) is 0 Å². The summed E-state index contributed by atoms with van der Waals surface area (Å²) in [5.41, 5.74) is -0.0438. The Morgan fingerprint density at radius 1 is 0.623 bits per heavy atom. The molecule has 2 saturated carbocycles. The molecular weight excluding hydrogens is 699 g/mol. The minimum atomic E-state index is -1.52. The number of hydrogen-bond acceptors (Lipinski definition) is 10. The van der Waals surface area contributed by atoms with Crippen LogP contribution in [0.2, 0.25) is 0 Å². The fourth-order valence-corrected chi connectivity index (χ4v) is 7.41. The number of hydrogen-bond donors (Lipinski definition) is 0. The summed E-state index contributed by atoms with van der Waals surface area (Å²) in [6.45, 7) is 12.5. The van der Waals surface area contributed by atoms with Crippen molar-refractivity contribution in [3.8, 4) is 0 Å². The molecule has 2 aromatic carbocycles. The largest absolute Gasteiger partial charge is 2.00 e. The molecule has 0 radical (unpaired) electrons. The second kappa shape index (κ2) is 15.7. The molecule has 2 aromatic heterocycles. The molecule has 0 spiro atoms. The first kappa shape index (κ1) is 38.7. The summed E-state index contributed by atoms with van der Waals surface area (Å²) in [6.07, 6.45) is 6.40. The number of benzene rings is 2. The van der Waals surface area contributed by atoms with E-state index in [4.69, 9.17) is 0 Å². The number of anilines is 2. The van der Waals surface area contributed by atoms with Crippen molar-refractivity contribution in [2.75, 3.05) is 75.2 Å². The van der Waals surface area contributed by atoms with Crippen LogP contribution in [-0.2, 0) is 0 Å². The van der Waals surface area contributed by atoms with Gasteiger partial charge in [0.25, 0.3) is 0 Å². The number of carboxylic acids is 2. The van der Waals surface area contributed by atoms with Crippen LogP contribution in [-0.4, -0.2) is 119 Å². The van der Waals surface area contributed by atoms with Crippen LogP contribution in [0.5, 0.6) is 0 Å². The van der Waals surface area contributed by atoms with Crippen molar-refractivity contribution in [3.63, 3.8) is 0 Å². The van der Waals surface area contributed by atoms with Gasteiger partial charge in [-0.15, -0.1) is 0 Å². The SMILES string of the molecule is CCN1CCN(c2cc3c(cc2F)c(=O)c(C(=O)[O-])cn3C2CC2)CC1.CCN1CCN(c2cc3c(cc2F)c(=O)c(C(=O)[O-])cn3C2CC2)CC1.[Mg+2]. The van der Waals surface area contributed by atoms with Crippen LogP contribution in [0.3, 0.4) is 0 Å². The summed E-state index contributed by atoms with van der Waals surface area (Å²) in [6, 6.07) is 6.09. The molecule has 15 heteroatoms. The zero-order valence-corrected chi connectivity index (χ0v) is 31.5. The van der Waals surface area contributed by atoms with Crippen LogP contribution in [0, 0.1) is 11.6 Å². The molecule has 2 saturated heterocycles. The van der Waals surface area contributed by atoms with Gasteiger partial charge in [-0.2, -0.15) is 0 Å². The number of carboxylic acid groups (broad SMARTS) is 2. The molecule has 0 atom stereocenters.